The van der Waals surface area contributed by atoms with E-state index in [4.69, 9.17) is 0 Å². The van der Waals surface area contributed by atoms with Gasteiger partial charge in [0.1, 0.15) is 5.69 Å². The Kier molecular flexibility index (Phi) is 7.22. The molecule has 0 aliphatic heterocycles. The molecule has 0 spiro atoms. The third-order valence-electron chi connectivity index (χ3n) is 5.04. The first-order valence-corrected chi connectivity index (χ1v) is 11.7. The number of hydrogen-bond acceptors (Lipinski definition) is 5. The van der Waals surface area contributed by atoms with Crippen molar-refractivity contribution in [3.63, 3.8) is 0 Å². The second-order valence-electron chi connectivity index (χ2n) is 7.22. The fourth-order valence-electron chi connectivity index (χ4n) is 3.29. The first kappa shape index (κ1) is 23.4. The molecule has 0 saturated carbocycles. The standard InChI is InChI=1S/C23H26N4O4S/c1-4-26(5-2)32(30,31)21-15-19(12-11-17(21)3)24-23(29)20-13-14-22(28)27(25-20)16-18-9-7-6-8-10-18/h6-15H,4-5,16H2,1-3H3,(H,24,29). The van der Waals surface area contributed by atoms with E-state index < -0.39 is 15.9 Å². The maximum Gasteiger partial charge on any atom is 0.276 e. The predicted octanol–water partition coefficient (Wildman–Crippen LogP) is 2.88. The van der Waals surface area contributed by atoms with Gasteiger partial charge in [-0.3, -0.25) is 9.59 Å². The van der Waals surface area contributed by atoms with Gasteiger partial charge in [-0.1, -0.05) is 50.2 Å². The van der Waals surface area contributed by atoms with Gasteiger partial charge in [-0.15, -0.1) is 0 Å². The number of amides is 1. The van der Waals surface area contributed by atoms with E-state index in [1.165, 1.54) is 27.2 Å². The van der Waals surface area contributed by atoms with Gasteiger partial charge < -0.3 is 5.32 Å². The molecule has 0 aliphatic rings. The van der Waals surface area contributed by atoms with Gasteiger partial charge in [0, 0.05) is 24.8 Å². The molecule has 1 amide bonds. The average Bonchev–Trinajstić information content (AvgIpc) is 2.77. The van der Waals surface area contributed by atoms with Crippen LogP contribution >= 0.6 is 0 Å². The minimum Gasteiger partial charge on any atom is -0.321 e. The van der Waals surface area contributed by atoms with Gasteiger partial charge in [-0.05, 0) is 36.2 Å². The zero-order valence-corrected chi connectivity index (χ0v) is 19.1. The van der Waals surface area contributed by atoms with Crippen LogP contribution in [0.2, 0.25) is 0 Å². The molecule has 0 radical (unpaired) electrons. The van der Waals surface area contributed by atoms with Crippen molar-refractivity contribution in [1.82, 2.24) is 14.1 Å². The molecule has 168 valence electrons. The molecule has 9 heteroatoms. The minimum atomic E-state index is -3.68. The molecular formula is C23H26N4O4S. The smallest absolute Gasteiger partial charge is 0.276 e. The lowest BCUT2D eigenvalue weighted by atomic mass is 10.2. The Morgan fingerprint density at radius 3 is 2.38 bits per heavy atom. The maximum absolute atomic E-state index is 12.9. The third-order valence-corrected chi connectivity index (χ3v) is 7.24. The summed E-state index contributed by atoms with van der Waals surface area (Å²) in [6.45, 7) is 6.19. The van der Waals surface area contributed by atoms with E-state index in [-0.39, 0.29) is 22.7 Å². The lowest BCUT2D eigenvalue weighted by Gasteiger charge is -2.20. The molecule has 1 heterocycles. The summed E-state index contributed by atoms with van der Waals surface area (Å²) in [4.78, 5) is 25.1. The quantitative estimate of drug-likeness (QED) is 0.564. The highest BCUT2D eigenvalue weighted by molar-refractivity contribution is 7.89. The summed E-state index contributed by atoms with van der Waals surface area (Å²) in [5.41, 5.74) is 1.52. The van der Waals surface area contributed by atoms with Gasteiger partial charge in [0.2, 0.25) is 10.0 Å². The molecule has 0 fully saturated rings. The lowest BCUT2D eigenvalue weighted by molar-refractivity contribution is 0.102. The van der Waals surface area contributed by atoms with Crippen molar-refractivity contribution in [3.8, 4) is 0 Å². The number of nitrogens with zero attached hydrogens (tertiary/aromatic N) is 3. The molecule has 3 aromatic rings. The van der Waals surface area contributed by atoms with E-state index in [1.54, 1.807) is 32.9 Å². The SMILES string of the molecule is CCN(CC)S(=O)(=O)c1cc(NC(=O)c2ccc(=O)n(Cc3ccccc3)n2)ccc1C. The second kappa shape index (κ2) is 9.88. The summed E-state index contributed by atoms with van der Waals surface area (Å²) in [5, 5.41) is 6.86. The van der Waals surface area contributed by atoms with Crippen molar-refractivity contribution >= 4 is 21.6 Å². The Morgan fingerprint density at radius 2 is 1.72 bits per heavy atom. The van der Waals surface area contributed by atoms with E-state index in [9.17, 15) is 18.0 Å². The second-order valence-corrected chi connectivity index (χ2v) is 9.13. The Balaban J connectivity index is 1.86. The van der Waals surface area contributed by atoms with Crippen LogP contribution in [-0.4, -0.2) is 41.5 Å². The zero-order valence-electron chi connectivity index (χ0n) is 18.3. The van der Waals surface area contributed by atoms with Gasteiger partial charge in [0.15, 0.2) is 0 Å². The molecule has 3 rings (SSSR count). The average molecular weight is 455 g/mol. The lowest BCUT2D eigenvalue weighted by Crippen LogP contribution is -2.31. The number of rotatable bonds is 8. The molecule has 1 N–H and O–H groups in total. The van der Waals surface area contributed by atoms with Gasteiger partial charge in [-0.2, -0.15) is 9.40 Å². The van der Waals surface area contributed by atoms with E-state index in [1.807, 2.05) is 30.3 Å². The Labute approximate surface area is 187 Å². The van der Waals surface area contributed by atoms with E-state index >= 15 is 0 Å². The number of aryl methyl sites for hydroxylation is 1. The summed E-state index contributed by atoms with van der Waals surface area (Å²) in [6, 6.07) is 16.7. The van der Waals surface area contributed by atoms with E-state index in [0.717, 1.165) is 5.56 Å². The highest BCUT2D eigenvalue weighted by Gasteiger charge is 2.24. The van der Waals surface area contributed by atoms with E-state index in [2.05, 4.69) is 10.4 Å². The molecular weight excluding hydrogens is 428 g/mol. The monoisotopic (exact) mass is 454 g/mol. The molecule has 1 aromatic heterocycles. The molecule has 0 unspecified atom stereocenters. The first-order chi connectivity index (χ1) is 15.3. The third kappa shape index (κ3) is 5.12. The van der Waals surface area contributed by atoms with Crippen LogP contribution in [0, 0.1) is 6.92 Å². The summed E-state index contributed by atoms with van der Waals surface area (Å²) >= 11 is 0. The summed E-state index contributed by atoms with van der Waals surface area (Å²) < 4.78 is 28.5. The van der Waals surface area contributed by atoms with Crippen LogP contribution in [-0.2, 0) is 16.6 Å². The number of benzene rings is 2. The predicted molar refractivity (Wildman–Crippen MR) is 123 cm³/mol. The van der Waals surface area contributed by atoms with Crippen molar-refractivity contribution in [2.24, 2.45) is 0 Å². The molecule has 0 aliphatic carbocycles. The Morgan fingerprint density at radius 1 is 1.03 bits per heavy atom. The zero-order chi connectivity index (χ0) is 23.3. The number of anilines is 1. The van der Waals surface area contributed by atoms with Crippen LogP contribution in [0.5, 0.6) is 0 Å². The first-order valence-electron chi connectivity index (χ1n) is 10.3. The minimum absolute atomic E-state index is 0.0502. The highest BCUT2D eigenvalue weighted by Crippen LogP contribution is 2.24. The van der Waals surface area contributed by atoms with Gasteiger partial charge in [0.05, 0.1) is 11.4 Å². The molecule has 2 aromatic carbocycles. The van der Waals surface area contributed by atoms with Crippen LogP contribution in [0.15, 0.2) is 70.4 Å². The van der Waals surface area contributed by atoms with Crippen molar-refractivity contribution in [1.29, 1.82) is 0 Å². The van der Waals surface area contributed by atoms with Crippen LogP contribution in [0.1, 0.15) is 35.5 Å². The van der Waals surface area contributed by atoms with Crippen LogP contribution < -0.4 is 10.9 Å². The van der Waals surface area contributed by atoms with Crippen LogP contribution in [0.25, 0.3) is 0 Å². The highest BCUT2D eigenvalue weighted by atomic mass is 32.2. The fraction of sp³-hybridized carbons (Fsp3) is 0.261. The molecule has 0 atom stereocenters. The summed E-state index contributed by atoms with van der Waals surface area (Å²) in [7, 11) is -3.68. The number of sulfonamides is 1. The summed E-state index contributed by atoms with van der Waals surface area (Å²) in [6.07, 6.45) is 0. The summed E-state index contributed by atoms with van der Waals surface area (Å²) in [5.74, 6) is -0.540. The molecule has 32 heavy (non-hydrogen) atoms. The topological polar surface area (TPSA) is 101 Å². The van der Waals surface area contributed by atoms with E-state index in [0.29, 0.717) is 24.3 Å². The van der Waals surface area contributed by atoms with Crippen molar-refractivity contribution in [2.45, 2.75) is 32.2 Å². The normalized spacial score (nSPS) is 11.5. The Hall–Kier alpha value is -3.30. The van der Waals surface area contributed by atoms with Crippen molar-refractivity contribution in [3.05, 3.63) is 87.8 Å². The Bertz CT molecular complexity index is 1270. The van der Waals surface area contributed by atoms with Crippen LogP contribution in [0.3, 0.4) is 0 Å². The van der Waals surface area contributed by atoms with Crippen molar-refractivity contribution in [2.75, 3.05) is 18.4 Å². The number of nitrogens with one attached hydrogen (secondary N) is 1. The van der Waals surface area contributed by atoms with Gasteiger partial charge in [-0.25, -0.2) is 13.1 Å². The van der Waals surface area contributed by atoms with Gasteiger partial charge in [0.25, 0.3) is 11.5 Å². The fourth-order valence-corrected chi connectivity index (χ4v) is 5.00. The van der Waals surface area contributed by atoms with Gasteiger partial charge >= 0.3 is 0 Å². The molecule has 8 nitrogen and oxygen atoms in total. The van der Waals surface area contributed by atoms with Crippen LogP contribution in [0.4, 0.5) is 5.69 Å². The maximum atomic E-state index is 12.9. The molecule has 0 saturated heterocycles. The largest absolute Gasteiger partial charge is 0.321 e. The molecule has 0 bridgehead atoms. The number of carbonyl (C=O) groups excluding carboxylic acids is 1. The number of aromatic nitrogens is 2. The van der Waals surface area contributed by atoms with Crippen molar-refractivity contribution < 1.29 is 13.2 Å². The number of carbonyl (C=O) groups is 1. The number of hydrogen-bond donors (Lipinski definition) is 1.